The minimum absolute atomic E-state index is 1.11. The van der Waals surface area contributed by atoms with E-state index in [0.29, 0.717) is 0 Å². The van der Waals surface area contributed by atoms with E-state index in [0.717, 1.165) is 5.56 Å². The summed E-state index contributed by atoms with van der Waals surface area (Å²) in [5.74, 6) is 5.97. The zero-order valence-corrected chi connectivity index (χ0v) is 8.59. The van der Waals surface area contributed by atoms with Gasteiger partial charge in [0.05, 0.1) is 0 Å². The van der Waals surface area contributed by atoms with Gasteiger partial charge in [-0.25, -0.2) is 0 Å². The van der Waals surface area contributed by atoms with Gasteiger partial charge in [0.15, 0.2) is 0 Å². The lowest BCUT2D eigenvalue weighted by Crippen LogP contribution is -2.17. The van der Waals surface area contributed by atoms with Crippen LogP contribution in [0.4, 0.5) is 5.69 Å². The van der Waals surface area contributed by atoms with E-state index in [-0.39, 0.29) is 0 Å². The highest BCUT2D eigenvalue weighted by atomic mass is 15.1. The Morgan fingerprint density at radius 2 is 1.71 bits per heavy atom. The summed E-state index contributed by atoms with van der Waals surface area (Å²) in [5.41, 5.74) is 2.44. The molecular weight excluding hydrogens is 170 g/mol. The molecule has 1 heterocycles. The monoisotopic (exact) mass is 185 g/mol. The molecule has 0 N–H and O–H groups in total. The molecule has 1 aromatic carbocycles. The van der Waals surface area contributed by atoms with Gasteiger partial charge in [-0.05, 0) is 44.0 Å². The van der Waals surface area contributed by atoms with Crippen molar-refractivity contribution in [3.63, 3.8) is 0 Å². The van der Waals surface area contributed by atoms with Gasteiger partial charge < -0.3 is 4.90 Å². The molecule has 0 bridgehead atoms. The standard InChI is InChI=1S/C13H15N/c1-2-5-12-6-8-13(9-7-12)14-10-3-4-11-14/h6-9H,3-4,10-11H2,1H3. The molecule has 1 nitrogen and oxygen atoms in total. The quantitative estimate of drug-likeness (QED) is 0.608. The van der Waals surface area contributed by atoms with Gasteiger partial charge in [-0.1, -0.05) is 5.92 Å². The minimum atomic E-state index is 1.11. The highest BCUT2D eigenvalue weighted by Gasteiger charge is 2.11. The normalized spacial score (nSPS) is 15.1. The Balaban J connectivity index is 2.15. The van der Waals surface area contributed by atoms with Crippen LogP contribution in [0, 0.1) is 11.8 Å². The Kier molecular flexibility index (Phi) is 2.74. The third-order valence-electron chi connectivity index (χ3n) is 2.61. The molecule has 1 aliphatic rings. The summed E-state index contributed by atoms with van der Waals surface area (Å²) in [6, 6.07) is 8.55. The molecule has 0 radical (unpaired) electrons. The van der Waals surface area contributed by atoms with Crippen molar-refractivity contribution in [3.8, 4) is 11.8 Å². The number of hydrogen-bond acceptors (Lipinski definition) is 1. The second kappa shape index (κ2) is 4.19. The average molecular weight is 185 g/mol. The van der Waals surface area contributed by atoms with E-state index in [1.807, 2.05) is 6.92 Å². The van der Waals surface area contributed by atoms with Gasteiger partial charge in [0, 0.05) is 24.3 Å². The fraction of sp³-hybridized carbons (Fsp3) is 0.385. The lowest BCUT2D eigenvalue weighted by molar-refractivity contribution is 0.949. The van der Waals surface area contributed by atoms with E-state index in [9.17, 15) is 0 Å². The van der Waals surface area contributed by atoms with E-state index < -0.39 is 0 Å². The van der Waals surface area contributed by atoms with Crippen molar-refractivity contribution in [2.75, 3.05) is 18.0 Å². The molecule has 0 aliphatic carbocycles. The number of nitrogens with zero attached hydrogens (tertiary/aromatic N) is 1. The Morgan fingerprint density at radius 3 is 2.29 bits per heavy atom. The molecule has 0 saturated carbocycles. The predicted octanol–water partition coefficient (Wildman–Crippen LogP) is 2.66. The summed E-state index contributed by atoms with van der Waals surface area (Å²) in [7, 11) is 0. The van der Waals surface area contributed by atoms with Crippen molar-refractivity contribution in [2.45, 2.75) is 19.8 Å². The van der Waals surface area contributed by atoms with Crippen LogP contribution < -0.4 is 4.90 Å². The maximum absolute atomic E-state index is 3.06. The molecule has 1 heteroatoms. The van der Waals surface area contributed by atoms with Crippen LogP contribution in [0.25, 0.3) is 0 Å². The van der Waals surface area contributed by atoms with Crippen molar-refractivity contribution in [1.82, 2.24) is 0 Å². The molecule has 1 fully saturated rings. The summed E-state index contributed by atoms with van der Waals surface area (Å²) in [6.07, 6.45) is 2.66. The van der Waals surface area contributed by atoms with Crippen LogP contribution >= 0.6 is 0 Å². The maximum Gasteiger partial charge on any atom is 0.0367 e. The second-order valence-corrected chi connectivity index (χ2v) is 3.62. The van der Waals surface area contributed by atoms with E-state index in [1.165, 1.54) is 31.6 Å². The van der Waals surface area contributed by atoms with E-state index in [1.54, 1.807) is 0 Å². The van der Waals surface area contributed by atoms with Crippen molar-refractivity contribution in [2.24, 2.45) is 0 Å². The van der Waals surface area contributed by atoms with Crippen LogP contribution in [-0.2, 0) is 0 Å². The molecule has 2 rings (SSSR count). The van der Waals surface area contributed by atoms with Crippen molar-refractivity contribution >= 4 is 5.69 Å². The lowest BCUT2D eigenvalue weighted by Gasteiger charge is -2.17. The van der Waals surface area contributed by atoms with Crippen molar-refractivity contribution in [1.29, 1.82) is 0 Å². The van der Waals surface area contributed by atoms with Gasteiger partial charge >= 0.3 is 0 Å². The highest BCUT2D eigenvalue weighted by molar-refractivity contribution is 5.50. The summed E-state index contributed by atoms with van der Waals surface area (Å²) < 4.78 is 0. The molecule has 0 atom stereocenters. The number of hydrogen-bond donors (Lipinski definition) is 0. The second-order valence-electron chi connectivity index (χ2n) is 3.62. The smallest absolute Gasteiger partial charge is 0.0367 e. The maximum atomic E-state index is 3.06. The van der Waals surface area contributed by atoms with Crippen LogP contribution in [0.5, 0.6) is 0 Å². The molecule has 0 aromatic heterocycles. The first kappa shape index (κ1) is 9.15. The number of rotatable bonds is 1. The zero-order valence-electron chi connectivity index (χ0n) is 8.59. The van der Waals surface area contributed by atoms with Gasteiger partial charge in [-0.3, -0.25) is 0 Å². The molecular formula is C13H15N. The summed E-state index contributed by atoms with van der Waals surface area (Å²) in [5, 5.41) is 0. The average Bonchev–Trinajstić information content (AvgIpc) is 2.72. The molecule has 0 spiro atoms. The summed E-state index contributed by atoms with van der Waals surface area (Å²) >= 11 is 0. The fourth-order valence-corrected chi connectivity index (χ4v) is 1.88. The van der Waals surface area contributed by atoms with Crippen LogP contribution in [0.15, 0.2) is 24.3 Å². The van der Waals surface area contributed by atoms with E-state index in [2.05, 4.69) is 41.0 Å². The van der Waals surface area contributed by atoms with Gasteiger partial charge in [0.1, 0.15) is 0 Å². The summed E-state index contributed by atoms with van der Waals surface area (Å²) in [4.78, 5) is 2.43. The number of anilines is 1. The van der Waals surface area contributed by atoms with Gasteiger partial charge in [0.2, 0.25) is 0 Å². The molecule has 14 heavy (non-hydrogen) atoms. The third-order valence-corrected chi connectivity index (χ3v) is 2.61. The largest absolute Gasteiger partial charge is 0.372 e. The lowest BCUT2D eigenvalue weighted by atomic mass is 10.2. The van der Waals surface area contributed by atoms with Gasteiger partial charge in [-0.2, -0.15) is 0 Å². The third kappa shape index (κ3) is 1.90. The molecule has 0 unspecified atom stereocenters. The zero-order chi connectivity index (χ0) is 9.80. The van der Waals surface area contributed by atoms with Crippen LogP contribution in [0.2, 0.25) is 0 Å². The number of benzene rings is 1. The molecule has 1 aliphatic heterocycles. The van der Waals surface area contributed by atoms with E-state index in [4.69, 9.17) is 0 Å². The molecule has 0 amide bonds. The van der Waals surface area contributed by atoms with Gasteiger partial charge in [0.25, 0.3) is 0 Å². The highest BCUT2D eigenvalue weighted by Crippen LogP contribution is 2.19. The first-order valence-corrected chi connectivity index (χ1v) is 5.18. The van der Waals surface area contributed by atoms with Crippen molar-refractivity contribution in [3.05, 3.63) is 29.8 Å². The molecule has 1 saturated heterocycles. The SMILES string of the molecule is CC#Cc1ccc(N2CCCC2)cc1. The minimum Gasteiger partial charge on any atom is -0.372 e. The van der Waals surface area contributed by atoms with Crippen LogP contribution in [0.1, 0.15) is 25.3 Å². The predicted molar refractivity (Wildman–Crippen MR) is 60.4 cm³/mol. The van der Waals surface area contributed by atoms with Crippen molar-refractivity contribution < 1.29 is 0 Å². The Morgan fingerprint density at radius 1 is 1.07 bits per heavy atom. The first-order chi connectivity index (χ1) is 6.90. The molecule has 72 valence electrons. The Hall–Kier alpha value is -1.42. The molecule has 1 aromatic rings. The van der Waals surface area contributed by atoms with E-state index >= 15 is 0 Å². The Labute approximate surface area is 85.7 Å². The first-order valence-electron chi connectivity index (χ1n) is 5.18. The van der Waals surface area contributed by atoms with Crippen LogP contribution in [0.3, 0.4) is 0 Å². The topological polar surface area (TPSA) is 3.24 Å². The van der Waals surface area contributed by atoms with Gasteiger partial charge in [-0.15, -0.1) is 5.92 Å². The van der Waals surface area contributed by atoms with Crippen LogP contribution in [-0.4, -0.2) is 13.1 Å². The Bertz CT molecular complexity index is 347. The fourth-order valence-electron chi connectivity index (χ4n) is 1.88. The summed E-state index contributed by atoms with van der Waals surface area (Å²) in [6.45, 7) is 4.28.